The first-order chi connectivity index (χ1) is 6.70. The van der Waals surface area contributed by atoms with Crippen molar-refractivity contribution in [1.29, 1.82) is 0 Å². The summed E-state index contributed by atoms with van der Waals surface area (Å²) in [7, 11) is 0. The van der Waals surface area contributed by atoms with Gasteiger partial charge in [-0.15, -0.1) is 0 Å². The van der Waals surface area contributed by atoms with Gasteiger partial charge in [0.1, 0.15) is 0 Å². The van der Waals surface area contributed by atoms with E-state index in [0.717, 1.165) is 19.5 Å². The molecule has 0 aromatic heterocycles. The average molecular weight is 196 g/mol. The van der Waals surface area contributed by atoms with Gasteiger partial charge in [-0.05, 0) is 45.6 Å². The Balaban J connectivity index is 2.19. The second-order valence-electron chi connectivity index (χ2n) is 4.55. The maximum atomic E-state index is 5.73. The molecule has 0 heterocycles. The SMILES string of the molecule is CCC(C)(CN)NCCC1=CCCC1. The van der Waals surface area contributed by atoms with Gasteiger partial charge in [0, 0.05) is 12.1 Å². The molecule has 0 aromatic carbocycles. The van der Waals surface area contributed by atoms with Crippen molar-refractivity contribution < 1.29 is 0 Å². The lowest BCUT2D eigenvalue weighted by Gasteiger charge is -2.28. The van der Waals surface area contributed by atoms with Crippen LogP contribution in [0.15, 0.2) is 11.6 Å². The molecule has 1 aliphatic carbocycles. The van der Waals surface area contributed by atoms with Gasteiger partial charge in [-0.1, -0.05) is 18.6 Å². The molecule has 1 rings (SSSR count). The van der Waals surface area contributed by atoms with Gasteiger partial charge in [0.2, 0.25) is 0 Å². The van der Waals surface area contributed by atoms with E-state index in [0.29, 0.717) is 0 Å². The zero-order valence-corrected chi connectivity index (χ0v) is 9.60. The van der Waals surface area contributed by atoms with E-state index in [9.17, 15) is 0 Å². The standard InChI is InChI=1S/C12H24N2/c1-3-12(2,10-13)14-9-8-11-6-4-5-7-11/h6,14H,3-5,7-10,13H2,1-2H3. The predicted octanol–water partition coefficient (Wildman–Crippen LogP) is 2.20. The molecule has 82 valence electrons. The van der Waals surface area contributed by atoms with Crippen molar-refractivity contribution in [3.05, 3.63) is 11.6 Å². The van der Waals surface area contributed by atoms with Crippen LogP contribution >= 0.6 is 0 Å². The van der Waals surface area contributed by atoms with E-state index in [-0.39, 0.29) is 5.54 Å². The van der Waals surface area contributed by atoms with Crippen LogP contribution in [0.25, 0.3) is 0 Å². The maximum Gasteiger partial charge on any atom is 0.0273 e. The highest BCUT2D eigenvalue weighted by Gasteiger charge is 2.18. The third-order valence-corrected chi connectivity index (χ3v) is 3.36. The normalized spacial score (nSPS) is 20.6. The van der Waals surface area contributed by atoms with Crippen molar-refractivity contribution in [2.45, 2.75) is 51.5 Å². The molecule has 0 saturated carbocycles. The lowest BCUT2D eigenvalue weighted by atomic mass is 9.99. The molecule has 1 unspecified atom stereocenters. The van der Waals surface area contributed by atoms with Crippen LogP contribution in [0.5, 0.6) is 0 Å². The van der Waals surface area contributed by atoms with Crippen LogP contribution in [0.1, 0.15) is 46.0 Å². The average Bonchev–Trinajstić information content (AvgIpc) is 2.70. The van der Waals surface area contributed by atoms with Crippen molar-refractivity contribution in [3.63, 3.8) is 0 Å². The molecule has 0 aromatic rings. The molecule has 0 radical (unpaired) electrons. The van der Waals surface area contributed by atoms with Gasteiger partial charge in [0.15, 0.2) is 0 Å². The number of rotatable bonds is 6. The number of allylic oxidation sites excluding steroid dienone is 1. The molecule has 14 heavy (non-hydrogen) atoms. The fraction of sp³-hybridized carbons (Fsp3) is 0.833. The molecule has 0 aliphatic heterocycles. The van der Waals surface area contributed by atoms with E-state index in [2.05, 4.69) is 25.2 Å². The molecule has 0 fully saturated rings. The summed E-state index contributed by atoms with van der Waals surface area (Å²) < 4.78 is 0. The summed E-state index contributed by atoms with van der Waals surface area (Å²) in [6.07, 6.45) is 8.66. The molecular weight excluding hydrogens is 172 g/mol. The van der Waals surface area contributed by atoms with Crippen LogP contribution in [-0.4, -0.2) is 18.6 Å². The minimum atomic E-state index is 0.138. The van der Waals surface area contributed by atoms with Gasteiger partial charge in [-0.3, -0.25) is 0 Å². The number of hydrogen-bond acceptors (Lipinski definition) is 2. The first kappa shape index (κ1) is 11.7. The smallest absolute Gasteiger partial charge is 0.0273 e. The summed E-state index contributed by atoms with van der Waals surface area (Å²) in [4.78, 5) is 0. The Kier molecular flexibility index (Phi) is 4.63. The Morgan fingerprint density at radius 1 is 1.57 bits per heavy atom. The minimum Gasteiger partial charge on any atom is -0.329 e. The van der Waals surface area contributed by atoms with E-state index >= 15 is 0 Å². The first-order valence-corrected chi connectivity index (χ1v) is 5.83. The lowest BCUT2D eigenvalue weighted by molar-refractivity contribution is 0.354. The van der Waals surface area contributed by atoms with Crippen molar-refractivity contribution in [1.82, 2.24) is 5.32 Å². The van der Waals surface area contributed by atoms with Crippen molar-refractivity contribution >= 4 is 0 Å². The van der Waals surface area contributed by atoms with Crippen LogP contribution < -0.4 is 11.1 Å². The highest BCUT2D eigenvalue weighted by molar-refractivity contribution is 5.07. The van der Waals surface area contributed by atoms with Crippen molar-refractivity contribution in [2.75, 3.05) is 13.1 Å². The highest BCUT2D eigenvalue weighted by Crippen LogP contribution is 2.20. The summed E-state index contributed by atoms with van der Waals surface area (Å²) in [5.74, 6) is 0. The van der Waals surface area contributed by atoms with Crippen LogP contribution in [-0.2, 0) is 0 Å². The Bertz CT molecular complexity index is 192. The summed E-state index contributed by atoms with van der Waals surface area (Å²) in [6, 6.07) is 0. The van der Waals surface area contributed by atoms with Crippen LogP contribution in [0, 0.1) is 0 Å². The second kappa shape index (κ2) is 5.52. The summed E-state index contributed by atoms with van der Waals surface area (Å²) in [5, 5.41) is 3.56. The molecule has 3 N–H and O–H groups in total. The summed E-state index contributed by atoms with van der Waals surface area (Å²) in [6.45, 7) is 6.20. The van der Waals surface area contributed by atoms with Crippen molar-refractivity contribution in [3.8, 4) is 0 Å². The molecule has 1 aliphatic rings. The molecule has 0 saturated heterocycles. The number of nitrogens with two attached hydrogens (primary N) is 1. The zero-order chi connectivity index (χ0) is 10.4. The molecule has 2 heteroatoms. The first-order valence-electron chi connectivity index (χ1n) is 5.83. The van der Waals surface area contributed by atoms with Crippen LogP contribution in [0.3, 0.4) is 0 Å². The van der Waals surface area contributed by atoms with E-state index in [4.69, 9.17) is 5.73 Å². The van der Waals surface area contributed by atoms with Crippen molar-refractivity contribution in [2.24, 2.45) is 5.73 Å². The number of nitrogens with one attached hydrogen (secondary N) is 1. The monoisotopic (exact) mass is 196 g/mol. The van der Waals surface area contributed by atoms with Gasteiger partial charge in [-0.2, -0.15) is 0 Å². The van der Waals surface area contributed by atoms with Gasteiger partial charge >= 0.3 is 0 Å². The summed E-state index contributed by atoms with van der Waals surface area (Å²) in [5.41, 5.74) is 7.51. The van der Waals surface area contributed by atoms with Crippen LogP contribution in [0.2, 0.25) is 0 Å². The third kappa shape index (κ3) is 3.43. The molecule has 0 spiro atoms. The molecule has 0 amide bonds. The second-order valence-corrected chi connectivity index (χ2v) is 4.55. The van der Waals surface area contributed by atoms with Gasteiger partial charge in [0.25, 0.3) is 0 Å². The van der Waals surface area contributed by atoms with E-state index in [1.165, 1.54) is 25.7 Å². The Morgan fingerprint density at radius 3 is 2.86 bits per heavy atom. The zero-order valence-electron chi connectivity index (χ0n) is 9.60. The molecule has 0 bridgehead atoms. The Hall–Kier alpha value is -0.340. The Morgan fingerprint density at radius 2 is 2.36 bits per heavy atom. The molecule has 2 nitrogen and oxygen atoms in total. The van der Waals surface area contributed by atoms with Crippen LogP contribution in [0.4, 0.5) is 0 Å². The lowest BCUT2D eigenvalue weighted by Crippen LogP contribution is -2.48. The molecular formula is C12H24N2. The highest BCUT2D eigenvalue weighted by atomic mass is 15.0. The third-order valence-electron chi connectivity index (χ3n) is 3.36. The van der Waals surface area contributed by atoms with E-state index < -0.39 is 0 Å². The quantitative estimate of drug-likeness (QED) is 0.639. The minimum absolute atomic E-state index is 0.138. The summed E-state index contributed by atoms with van der Waals surface area (Å²) >= 11 is 0. The number of hydrogen-bond donors (Lipinski definition) is 2. The van der Waals surface area contributed by atoms with E-state index in [1.807, 2.05) is 0 Å². The largest absolute Gasteiger partial charge is 0.329 e. The maximum absolute atomic E-state index is 5.73. The fourth-order valence-electron chi connectivity index (χ4n) is 1.83. The Labute approximate surface area is 87.9 Å². The van der Waals surface area contributed by atoms with E-state index in [1.54, 1.807) is 5.57 Å². The predicted molar refractivity (Wildman–Crippen MR) is 62.3 cm³/mol. The topological polar surface area (TPSA) is 38.0 Å². The van der Waals surface area contributed by atoms with Gasteiger partial charge in [0.05, 0.1) is 0 Å². The van der Waals surface area contributed by atoms with Gasteiger partial charge < -0.3 is 11.1 Å². The molecule has 1 atom stereocenters. The fourth-order valence-corrected chi connectivity index (χ4v) is 1.83. The van der Waals surface area contributed by atoms with Gasteiger partial charge in [-0.25, -0.2) is 0 Å².